The third-order valence-electron chi connectivity index (χ3n) is 20.3. The predicted octanol–water partition coefficient (Wildman–Crippen LogP) is 24.7. The molecule has 0 amide bonds. The van der Waals surface area contributed by atoms with Gasteiger partial charge in [-0.25, -0.2) is 19.9 Å². The van der Waals surface area contributed by atoms with E-state index in [9.17, 15) is 0 Å². The van der Waals surface area contributed by atoms with Crippen molar-refractivity contribution < 1.29 is 0 Å². The van der Waals surface area contributed by atoms with E-state index in [0.717, 1.165) is 78.7 Å². The molecule has 8 nitrogen and oxygen atoms in total. The minimum absolute atomic E-state index is 0.703. The number of hydrogen-bond acceptors (Lipinski definition) is 6. The molecule has 0 atom stereocenters. The van der Waals surface area contributed by atoms with E-state index >= 15 is 0 Å². The molecule has 0 spiro atoms. The Hall–Kier alpha value is -13.1. The summed E-state index contributed by atoms with van der Waals surface area (Å²) in [6, 6.07) is 121. The Balaban J connectivity index is 0.000000133. The van der Waals surface area contributed by atoms with Crippen LogP contribution in [0.3, 0.4) is 0 Å². The minimum atomic E-state index is 0.703. The molecule has 0 fully saturated rings. The van der Waals surface area contributed by atoms with Crippen LogP contribution in [0.15, 0.2) is 340 Å². The summed E-state index contributed by atoms with van der Waals surface area (Å²) in [5.74, 6) is 3.09. The van der Waals surface area contributed by atoms with Gasteiger partial charge in [-0.1, -0.05) is 231 Å². The third kappa shape index (κ3) is 9.06. The van der Waals surface area contributed by atoms with Crippen LogP contribution in [-0.2, 0) is 0 Å². The summed E-state index contributed by atoms with van der Waals surface area (Å²) in [7, 11) is 0. The highest BCUT2D eigenvalue weighted by Gasteiger charge is 2.26. The van der Waals surface area contributed by atoms with Crippen LogP contribution in [0.2, 0.25) is 0 Å². The second kappa shape index (κ2) is 23.3. The quantitative estimate of drug-likeness (QED) is 0.152. The number of aromatic nitrogens is 8. The summed E-state index contributed by atoms with van der Waals surface area (Å²) < 4.78 is 14.6. The number of hydrogen-bond donors (Lipinski definition) is 0. The van der Waals surface area contributed by atoms with E-state index in [2.05, 4.69) is 352 Å². The molecule has 22 rings (SSSR count). The molecular formula is C92H56N8S2. The Labute approximate surface area is 592 Å². The van der Waals surface area contributed by atoms with Crippen molar-refractivity contribution in [1.29, 1.82) is 0 Å². The number of rotatable bonds is 8. The highest BCUT2D eigenvalue weighted by Crippen LogP contribution is 2.47. The van der Waals surface area contributed by atoms with E-state index in [4.69, 9.17) is 19.9 Å². The first-order valence-electron chi connectivity index (χ1n) is 34.4. The number of nitrogens with zero attached hydrogens (tertiary/aromatic N) is 8. The van der Waals surface area contributed by atoms with E-state index in [1.165, 1.54) is 106 Å². The van der Waals surface area contributed by atoms with Gasteiger partial charge in [0.15, 0.2) is 11.6 Å². The first-order chi connectivity index (χ1) is 50.6. The molecule has 8 aromatic heterocycles. The van der Waals surface area contributed by atoms with Gasteiger partial charge in [-0.05, 0) is 97.1 Å². The zero-order chi connectivity index (χ0) is 66.9. The fourth-order valence-electron chi connectivity index (χ4n) is 15.9. The van der Waals surface area contributed by atoms with Crippen LogP contribution in [0.4, 0.5) is 0 Å². The van der Waals surface area contributed by atoms with Crippen molar-refractivity contribution in [1.82, 2.24) is 38.2 Å². The monoisotopic (exact) mass is 1340 g/mol. The van der Waals surface area contributed by atoms with Crippen molar-refractivity contribution in [2.75, 3.05) is 0 Å². The van der Waals surface area contributed by atoms with E-state index in [0.29, 0.717) is 11.6 Å². The van der Waals surface area contributed by atoms with Crippen LogP contribution in [0.25, 0.3) is 196 Å². The summed E-state index contributed by atoms with van der Waals surface area (Å²) in [5, 5.41) is 14.6. The van der Waals surface area contributed by atoms with Gasteiger partial charge in [0.1, 0.15) is 11.6 Å². The number of para-hydroxylation sites is 6. The fraction of sp³-hybridized carbons (Fsp3) is 0. The number of thiophene rings is 2. The molecule has 0 N–H and O–H groups in total. The van der Waals surface area contributed by atoms with Crippen LogP contribution in [0.5, 0.6) is 0 Å². The molecule has 0 radical (unpaired) electrons. The van der Waals surface area contributed by atoms with E-state index in [1.807, 2.05) is 28.7 Å². The summed E-state index contributed by atoms with van der Waals surface area (Å²) in [6.07, 6.45) is 0. The zero-order valence-electron chi connectivity index (χ0n) is 54.7. The molecule has 14 aromatic carbocycles. The van der Waals surface area contributed by atoms with Crippen molar-refractivity contribution in [3.63, 3.8) is 0 Å². The Kier molecular flexibility index (Phi) is 13.2. The van der Waals surface area contributed by atoms with Gasteiger partial charge in [-0.3, -0.25) is 9.13 Å². The van der Waals surface area contributed by atoms with Crippen LogP contribution < -0.4 is 0 Å². The molecule has 0 bridgehead atoms. The average molecular weight is 1340 g/mol. The van der Waals surface area contributed by atoms with Crippen molar-refractivity contribution in [3.8, 4) is 68.3 Å². The fourth-order valence-corrected chi connectivity index (χ4v) is 18.1. The number of benzene rings is 14. The molecule has 0 saturated heterocycles. The lowest BCUT2D eigenvalue weighted by Gasteiger charge is -2.13. The van der Waals surface area contributed by atoms with Crippen molar-refractivity contribution >= 4 is 150 Å². The zero-order valence-corrected chi connectivity index (χ0v) is 56.4. The minimum Gasteiger partial charge on any atom is -0.309 e. The lowest BCUT2D eigenvalue weighted by molar-refractivity contribution is 1.05. The lowest BCUT2D eigenvalue weighted by Crippen LogP contribution is -2.02. The molecule has 10 heteroatoms. The van der Waals surface area contributed by atoms with Crippen LogP contribution in [-0.4, -0.2) is 38.2 Å². The largest absolute Gasteiger partial charge is 0.309 e. The molecule has 0 aliphatic carbocycles. The Morgan fingerprint density at radius 2 is 0.618 bits per heavy atom. The van der Waals surface area contributed by atoms with Gasteiger partial charge in [-0.15, -0.1) is 22.7 Å². The Bertz CT molecular complexity index is 7120. The molecular weight excluding hydrogens is 1280 g/mol. The van der Waals surface area contributed by atoms with Crippen LogP contribution in [0, 0.1) is 0 Å². The predicted molar refractivity (Wildman–Crippen MR) is 429 cm³/mol. The van der Waals surface area contributed by atoms with Crippen molar-refractivity contribution in [2.24, 2.45) is 0 Å². The molecule has 0 saturated carbocycles. The smallest absolute Gasteiger partial charge is 0.162 e. The summed E-state index contributed by atoms with van der Waals surface area (Å²) in [5.41, 5.74) is 17.4. The highest BCUT2D eigenvalue weighted by molar-refractivity contribution is 7.26. The van der Waals surface area contributed by atoms with Gasteiger partial charge >= 0.3 is 0 Å². The second-order valence-electron chi connectivity index (χ2n) is 26.0. The van der Waals surface area contributed by atoms with Gasteiger partial charge in [0.05, 0.1) is 55.5 Å². The van der Waals surface area contributed by atoms with E-state index < -0.39 is 0 Å². The molecule has 0 aliphatic rings. The Morgan fingerprint density at radius 1 is 0.216 bits per heavy atom. The van der Waals surface area contributed by atoms with Crippen molar-refractivity contribution in [3.05, 3.63) is 340 Å². The van der Waals surface area contributed by atoms with Gasteiger partial charge in [0, 0.05) is 129 Å². The molecule has 476 valence electrons. The van der Waals surface area contributed by atoms with E-state index in [-0.39, 0.29) is 0 Å². The van der Waals surface area contributed by atoms with E-state index in [1.54, 1.807) is 0 Å². The SMILES string of the molecule is c1ccc(-c2cc(-n3c4ccccc4c4c3ccc3c5ccccc5n(-c5ccccc5)c34)nc(-c3ccc4sc5ccccc5c4c3)n2)cc1.c1ccc(-c2cc(-n3c4ccccc4c4c3ccc3c5ccccc5n(-c5ccccc5)c34)nc(-c3cccc4sc5ccccc5c34)n2)cc1. The topological polar surface area (TPSA) is 71.3 Å². The maximum absolute atomic E-state index is 5.46. The van der Waals surface area contributed by atoms with Crippen molar-refractivity contribution in [2.45, 2.75) is 0 Å². The molecule has 102 heavy (non-hydrogen) atoms. The summed E-state index contributed by atoms with van der Waals surface area (Å²) in [4.78, 5) is 21.4. The summed E-state index contributed by atoms with van der Waals surface area (Å²) in [6.45, 7) is 0. The first-order valence-corrected chi connectivity index (χ1v) is 36.0. The highest BCUT2D eigenvalue weighted by atomic mass is 32.1. The molecule has 0 unspecified atom stereocenters. The maximum Gasteiger partial charge on any atom is 0.162 e. The normalized spacial score (nSPS) is 11.9. The molecule has 0 aliphatic heterocycles. The van der Waals surface area contributed by atoms with Crippen LogP contribution >= 0.6 is 22.7 Å². The third-order valence-corrected chi connectivity index (χ3v) is 22.6. The average Bonchev–Trinajstić information content (AvgIpc) is 1.55. The van der Waals surface area contributed by atoms with Gasteiger partial charge in [0.2, 0.25) is 0 Å². The Morgan fingerprint density at radius 3 is 1.16 bits per heavy atom. The first kappa shape index (κ1) is 57.9. The van der Waals surface area contributed by atoms with Gasteiger partial charge in [0.25, 0.3) is 0 Å². The molecule has 8 heterocycles. The van der Waals surface area contributed by atoms with Gasteiger partial charge < -0.3 is 9.13 Å². The summed E-state index contributed by atoms with van der Waals surface area (Å²) >= 11 is 3.64. The van der Waals surface area contributed by atoms with Crippen LogP contribution in [0.1, 0.15) is 0 Å². The second-order valence-corrected chi connectivity index (χ2v) is 28.1. The number of fused-ring (bicyclic) bond motifs is 20. The molecule has 22 aromatic rings. The lowest BCUT2D eigenvalue weighted by atomic mass is 10.1. The maximum atomic E-state index is 5.46. The standard InChI is InChI=1S/2C46H28N4S/c1-3-14-29(15-4-1)36-28-42(48-46(47-36)35-21-13-25-41-43(35)34-20-9-12-24-40(34)51-41)50-38-23-11-8-19-33(38)44-39(50)27-26-32-31-18-7-10-22-37(31)49(45(32)44)30-16-5-2-6-17-30;1-3-13-29(14-4-1)37-28-43(48-46(47-37)30-23-26-42-36(27-30)33-18-9-12-22-41(33)51-42)50-39-21-11-8-19-35(39)44-40(50)25-24-34-32-17-7-10-20-38(32)49(45(34)44)31-15-5-2-6-16-31/h2*1-28H. The van der Waals surface area contributed by atoms with Gasteiger partial charge in [-0.2, -0.15) is 0 Å².